The molecule has 0 aliphatic carbocycles. The number of methoxy groups -OCH3 is 1. The maximum Gasteiger partial charge on any atom is 0.282 e. The molecule has 0 fully saturated rings. The lowest BCUT2D eigenvalue weighted by atomic mass is 10.1. The lowest BCUT2D eigenvalue weighted by Gasteiger charge is -2.24. The van der Waals surface area contributed by atoms with Crippen molar-refractivity contribution in [3.63, 3.8) is 0 Å². The molecule has 0 saturated heterocycles. The Balaban J connectivity index is 2.65. The minimum Gasteiger partial charge on any atom is -0.382 e. The topological polar surface area (TPSA) is 76.1 Å². The second-order valence-electron chi connectivity index (χ2n) is 3.93. The highest BCUT2D eigenvalue weighted by Crippen LogP contribution is 2.15. The van der Waals surface area contributed by atoms with Crippen molar-refractivity contribution in [2.75, 3.05) is 26.1 Å². The fraction of sp³-hybridized carbons (Fsp3) is 0.667. The predicted molar refractivity (Wildman–Crippen MR) is 62.9 cm³/mol. The second kappa shape index (κ2) is 5.22. The lowest BCUT2D eigenvalue weighted by Crippen LogP contribution is -2.46. The standard InChI is InChI=1S/C9H16N4O2S/c1-9(2,5-15-4)11-6(14)7-12-13-8(10-3)16-7/h5H2,1-4H3,(H,10,13)(H,11,14). The monoisotopic (exact) mass is 244 g/mol. The van der Waals surface area contributed by atoms with Crippen LogP contribution < -0.4 is 10.6 Å². The zero-order chi connectivity index (χ0) is 12.2. The highest BCUT2D eigenvalue weighted by Gasteiger charge is 2.23. The van der Waals surface area contributed by atoms with E-state index in [1.54, 1.807) is 14.2 Å². The van der Waals surface area contributed by atoms with Crippen molar-refractivity contribution < 1.29 is 9.53 Å². The van der Waals surface area contributed by atoms with Crippen LogP contribution in [0.25, 0.3) is 0 Å². The summed E-state index contributed by atoms with van der Waals surface area (Å²) in [4.78, 5) is 11.8. The number of carbonyl (C=O) groups is 1. The Morgan fingerprint density at radius 2 is 2.19 bits per heavy atom. The van der Waals surface area contributed by atoms with Gasteiger partial charge in [-0.3, -0.25) is 4.79 Å². The summed E-state index contributed by atoms with van der Waals surface area (Å²) in [5.41, 5.74) is -0.419. The number of anilines is 1. The normalized spacial score (nSPS) is 11.2. The van der Waals surface area contributed by atoms with E-state index in [4.69, 9.17) is 4.74 Å². The van der Waals surface area contributed by atoms with Gasteiger partial charge in [0.2, 0.25) is 10.1 Å². The lowest BCUT2D eigenvalue weighted by molar-refractivity contribution is 0.0819. The molecule has 1 rings (SSSR count). The van der Waals surface area contributed by atoms with Crippen LogP contribution in [0, 0.1) is 0 Å². The number of hydrogen-bond donors (Lipinski definition) is 2. The van der Waals surface area contributed by atoms with E-state index >= 15 is 0 Å². The molecule has 0 aliphatic heterocycles. The molecule has 0 unspecified atom stereocenters. The van der Waals surface area contributed by atoms with E-state index in [9.17, 15) is 4.79 Å². The number of nitrogens with zero attached hydrogens (tertiary/aromatic N) is 2. The van der Waals surface area contributed by atoms with Crippen molar-refractivity contribution >= 4 is 22.4 Å². The Morgan fingerprint density at radius 1 is 1.50 bits per heavy atom. The van der Waals surface area contributed by atoms with Gasteiger partial charge in [0.05, 0.1) is 12.1 Å². The van der Waals surface area contributed by atoms with Crippen molar-refractivity contribution in [1.82, 2.24) is 15.5 Å². The first-order chi connectivity index (χ1) is 7.48. The first kappa shape index (κ1) is 12.9. The summed E-state index contributed by atoms with van der Waals surface area (Å²) in [7, 11) is 3.33. The number of nitrogens with one attached hydrogen (secondary N) is 2. The van der Waals surface area contributed by atoms with Gasteiger partial charge in [-0.05, 0) is 13.8 Å². The van der Waals surface area contributed by atoms with E-state index in [1.807, 2.05) is 13.8 Å². The first-order valence-corrected chi connectivity index (χ1v) is 5.63. The maximum atomic E-state index is 11.8. The van der Waals surface area contributed by atoms with Gasteiger partial charge in [0.1, 0.15) is 0 Å². The SMILES string of the molecule is CNc1nnc(C(=O)NC(C)(C)COC)s1. The van der Waals surface area contributed by atoms with Crippen LogP contribution in [0.3, 0.4) is 0 Å². The zero-order valence-corrected chi connectivity index (χ0v) is 10.6. The molecule has 0 radical (unpaired) electrons. The van der Waals surface area contributed by atoms with E-state index in [1.165, 1.54) is 11.3 Å². The Kier molecular flexibility index (Phi) is 4.19. The summed E-state index contributed by atoms with van der Waals surface area (Å²) in [6.45, 7) is 4.21. The van der Waals surface area contributed by atoms with Crippen LogP contribution in [0.2, 0.25) is 0 Å². The average Bonchev–Trinajstić information content (AvgIpc) is 2.64. The summed E-state index contributed by atoms with van der Waals surface area (Å²) in [6, 6.07) is 0. The summed E-state index contributed by atoms with van der Waals surface area (Å²) in [5, 5.41) is 14.2. The van der Waals surface area contributed by atoms with E-state index in [0.717, 1.165) is 0 Å². The van der Waals surface area contributed by atoms with E-state index in [0.29, 0.717) is 16.7 Å². The fourth-order valence-electron chi connectivity index (χ4n) is 1.17. The Hall–Kier alpha value is -1.21. The van der Waals surface area contributed by atoms with Gasteiger partial charge in [-0.25, -0.2) is 0 Å². The minimum atomic E-state index is -0.419. The molecule has 1 amide bonds. The number of ether oxygens (including phenoxy) is 1. The Morgan fingerprint density at radius 3 is 2.69 bits per heavy atom. The molecule has 0 aliphatic rings. The molecule has 90 valence electrons. The Bertz CT molecular complexity index is 364. The molecule has 0 bridgehead atoms. The summed E-state index contributed by atoms with van der Waals surface area (Å²) >= 11 is 1.21. The van der Waals surface area contributed by atoms with E-state index in [-0.39, 0.29) is 5.91 Å². The number of rotatable bonds is 5. The number of aromatic nitrogens is 2. The van der Waals surface area contributed by atoms with Gasteiger partial charge in [-0.2, -0.15) is 0 Å². The second-order valence-corrected chi connectivity index (χ2v) is 4.91. The van der Waals surface area contributed by atoms with E-state index < -0.39 is 5.54 Å². The molecule has 0 spiro atoms. The fourth-order valence-corrected chi connectivity index (χ4v) is 1.77. The molecule has 1 heterocycles. The first-order valence-electron chi connectivity index (χ1n) is 4.81. The van der Waals surface area contributed by atoms with Gasteiger partial charge in [-0.15, -0.1) is 10.2 Å². The van der Waals surface area contributed by atoms with Crippen LogP contribution in [0.1, 0.15) is 23.6 Å². The molecule has 16 heavy (non-hydrogen) atoms. The van der Waals surface area contributed by atoms with Crippen LogP contribution in [0.5, 0.6) is 0 Å². The molecule has 0 atom stereocenters. The minimum absolute atomic E-state index is 0.235. The van der Waals surface area contributed by atoms with Gasteiger partial charge in [0.25, 0.3) is 5.91 Å². The summed E-state index contributed by atoms with van der Waals surface area (Å²) < 4.78 is 5.01. The summed E-state index contributed by atoms with van der Waals surface area (Å²) in [5.74, 6) is -0.235. The van der Waals surface area contributed by atoms with Crippen molar-refractivity contribution in [1.29, 1.82) is 0 Å². The molecular formula is C9H16N4O2S. The highest BCUT2D eigenvalue weighted by molar-refractivity contribution is 7.17. The van der Waals surface area contributed by atoms with Gasteiger partial charge < -0.3 is 15.4 Å². The van der Waals surface area contributed by atoms with Crippen molar-refractivity contribution in [3.05, 3.63) is 5.01 Å². The summed E-state index contributed by atoms with van der Waals surface area (Å²) in [6.07, 6.45) is 0. The molecule has 7 heteroatoms. The van der Waals surface area contributed by atoms with Gasteiger partial charge >= 0.3 is 0 Å². The van der Waals surface area contributed by atoms with Crippen LogP contribution in [-0.2, 0) is 4.74 Å². The highest BCUT2D eigenvalue weighted by atomic mass is 32.1. The van der Waals surface area contributed by atoms with Crippen LogP contribution in [0.4, 0.5) is 5.13 Å². The smallest absolute Gasteiger partial charge is 0.282 e. The third-order valence-electron chi connectivity index (χ3n) is 1.79. The van der Waals surface area contributed by atoms with Crippen LogP contribution >= 0.6 is 11.3 Å². The van der Waals surface area contributed by atoms with Gasteiger partial charge in [0, 0.05) is 14.2 Å². The Labute approximate surface area is 98.4 Å². The number of carbonyl (C=O) groups excluding carboxylic acids is 1. The van der Waals surface area contributed by atoms with Crippen molar-refractivity contribution in [2.24, 2.45) is 0 Å². The quantitative estimate of drug-likeness (QED) is 0.798. The van der Waals surface area contributed by atoms with Crippen LogP contribution in [-0.4, -0.2) is 42.4 Å². The predicted octanol–water partition coefficient (Wildman–Crippen LogP) is 0.735. The number of hydrogen-bond acceptors (Lipinski definition) is 6. The average molecular weight is 244 g/mol. The van der Waals surface area contributed by atoms with Crippen molar-refractivity contribution in [2.45, 2.75) is 19.4 Å². The molecular weight excluding hydrogens is 228 g/mol. The van der Waals surface area contributed by atoms with E-state index in [2.05, 4.69) is 20.8 Å². The molecule has 1 aromatic rings. The number of amides is 1. The third kappa shape index (κ3) is 3.42. The van der Waals surface area contributed by atoms with Gasteiger partial charge in [0.15, 0.2) is 0 Å². The van der Waals surface area contributed by atoms with Gasteiger partial charge in [-0.1, -0.05) is 11.3 Å². The molecule has 1 aromatic heterocycles. The largest absolute Gasteiger partial charge is 0.382 e. The molecule has 0 aromatic carbocycles. The zero-order valence-electron chi connectivity index (χ0n) is 9.83. The third-order valence-corrected chi connectivity index (χ3v) is 2.73. The van der Waals surface area contributed by atoms with Crippen LogP contribution in [0.15, 0.2) is 0 Å². The van der Waals surface area contributed by atoms with Crippen molar-refractivity contribution in [3.8, 4) is 0 Å². The maximum absolute atomic E-state index is 11.8. The molecule has 2 N–H and O–H groups in total. The molecule has 0 saturated carbocycles. The molecule has 6 nitrogen and oxygen atoms in total.